The van der Waals surface area contributed by atoms with E-state index in [4.69, 9.17) is 9.72 Å². The quantitative estimate of drug-likeness (QED) is 0.726. The maximum Gasteiger partial charge on any atom is 0.132 e. The molecule has 4 rings (SSSR count). The van der Waals surface area contributed by atoms with Crippen molar-refractivity contribution in [3.63, 3.8) is 0 Å². The van der Waals surface area contributed by atoms with E-state index in [-0.39, 0.29) is 0 Å². The Morgan fingerprint density at radius 2 is 2.21 bits per heavy atom. The third-order valence-electron chi connectivity index (χ3n) is 4.41. The van der Waals surface area contributed by atoms with Gasteiger partial charge in [-0.05, 0) is 25.0 Å². The third-order valence-corrected chi connectivity index (χ3v) is 5.61. The van der Waals surface area contributed by atoms with Crippen LogP contribution >= 0.6 is 11.3 Å². The number of ether oxygens (including phenoxy) is 1. The fourth-order valence-corrected chi connectivity index (χ4v) is 4.33. The number of benzene rings is 1. The second-order valence-corrected chi connectivity index (χ2v) is 7.17. The Bertz CT molecular complexity index is 802. The summed E-state index contributed by atoms with van der Waals surface area (Å²) in [4.78, 5) is 15.9. The number of piperidine rings is 1. The van der Waals surface area contributed by atoms with Crippen LogP contribution in [-0.4, -0.2) is 35.2 Å². The van der Waals surface area contributed by atoms with Crippen LogP contribution < -0.4 is 4.90 Å². The Morgan fingerprint density at radius 1 is 1.29 bits per heavy atom. The molecule has 3 heterocycles. The first-order valence-corrected chi connectivity index (χ1v) is 9.05. The Hall–Kier alpha value is -2.05. The van der Waals surface area contributed by atoms with Gasteiger partial charge in [-0.1, -0.05) is 12.1 Å². The summed E-state index contributed by atoms with van der Waals surface area (Å²) < 4.78 is 6.45. The number of hydrogen-bond donors (Lipinski definition) is 0. The number of fused-ring (bicyclic) bond motifs is 1. The zero-order chi connectivity index (χ0) is 16.4. The molecule has 0 unspecified atom stereocenters. The van der Waals surface area contributed by atoms with Gasteiger partial charge in [0.1, 0.15) is 12.1 Å². The Morgan fingerprint density at radius 3 is 3.08 bits per heavy atom. The second-order valence-electron chi connectivity index (χ2n) is 6.11. The van der Waals surface area contributed by atoms with Gasteiger partial charge in [0.2, 0.25) is 0 Å². The van der Waals surface area contributed by atoms with Crippen LogP contribution in [0.1, 0.15) is 29.5 Å². The summed E-state index contributed by atoms with van der Waals surface area (Å²) in [5.74, 6) is 1.46. The molecule has 5 nitrogen and oxygen atoms in total. The summed E-state index contributed by atoms with van der Waals surface area (Å²) in [6.07, 6.45) is 3.97. The second kappa shape index (κ2) is 6.83. The number of thiazole rings is 1. The molecule has 24 heavy (non-hydrogen) atoms. The molecule has 6 heteroatoms. The topological polar surface area (TPSA) is 51.1 Å². The first-order chi connectivity index (χ1) is 11.8. The van der Waals surface area contributed by atoms with Gasteiger partial charge in [-0.2, -0.15) is 0 Å². The standard InChI is InChI=1S/C18H20N4OS/c1-23-11-14-9-17(20-12-19-14)22-8-4-5-13(10-22)18-21-15-6-2-3-7-16(15)24-18/h2-3,6-7,9,12-13H,4-5,8,10-11H2,1H3/t13-/m0/s1. The molecule has 1 fully saturated rings. The molecule has 0 saturated carbocycles. The molecule has 0 aliphatic carbocycles. The highest BCUT2D eigenvalue weighted by Gasteiger charge is 2.25. The van der Waals surface area contributed by atoms with Crippen LogP contribution in [0.15, 0.2) is 36.7 Å². The van der Waals surface area contributed by atoms with Gasteiger partial charge in [-0.25, -0.2) is 15.0 Å². The number of anilines is 1. The summed E-state index contributed by atoms with van der Waals surface area (Å²) in [5.41, 5.74) is 2.03. The number of nitrogens with zero attached hydrogens (tertiary/aromatic N) is 4. The molecule has 0 bridgehead atoms. The highest BCUT2D eigenvalue weighted by atomic mass is 32.1. The summed E-state index contributed by atoms with van der Waals surface area (Å²) in [6.45, 7) is 2.51. The zero-order valence-electron chi connectivity index (χ0n) is 13.7. The maximum atomic E-state index is 5.18. The van der Waals surface area contributed by atoms with Crippen LogP contribution in [0.4, 0.5) is 5.82 Å². The molecule has 1 aromatic carbocycles. The molecule has 124 valence electrons. The summed E-state index contributed by atoms with van der Waals surface area (Å²) in [7, 11) is 1.69. The molecule has 2 aromatic heterocycles. The fraction of sp³-hybridized carbons (Fsp3) is 0.389. The average molecular weight is 340 g/mol. The molecular weight excluding hydrogens is 320 g/mol. The van der Waals surface area contributed by atoms with E-state index in [9.17, 15) is 0 Å². The summed E-state index contributed by atoms with van der Waals surface area (Å²) in [6, 6.07) is 10.4. The van der Waals surface area contributed by atoms with Gasteiger partial charge in [0, 0.05) is 32.2 Å². The average Bonchev–Trinajstić information content (AvgIpc) is 3.07. The van der Waals surface area contributed by atoms with Crippen LogP contribution in [0.25, 0.3) is 10.2 Å². The first-order valence-electron chi connectivity index (χ1n) is 8.24. The first kappa shape index (κ1) is 15.5. The predicted octanol–water partition coefficient (Wildman–Crippen LogP) is 3.62. The van der Waals surface area contributed by atoms with Crippen molar-refractivity contribution in [3.8, 4) is 0 Å². The van der Waals surface area contributed by atoms with E-state index in [1.54, 1.807) is 13.4 Å². The largest absolute Gasteiger partial charge is 0.378 e. The Balaban J connectivity index is 1.56. The van der Waals surface area contributed by atoms with Gasteiger partial charge >= 0.3 is 0 Å². The molecule has 0 amide bonds. The Labute approximate surface area is 145 Å². The minimum atomic E-state index is 0.469. The minimum absolute atomic E-state index is 0.469. The van der Waals surface area contributed by atoms with Crippen molar-refractivity contribution < 1.29 is 4.74 Å². The third kappa shape index (κ3) is 3.12. The molecule has 0 N–H and O–H groups in total. The van der Waals surface area contributed by atoms with Gasteiger partial charge in [0.05, 0.1) is 27.5 Å². The highest BCUT2D eigenvalue weighted by molar-refractivity contribution is 7.18. The Kier molecular flexibility index (Phi) is 4.40. The van der Waals surface area contributed by atoms with Crippen molar-refractivity contribution in [1.82, 2.24) is 15.0 Å². The van der Waals surface area contributed by atoms with E-state index in [0.717, 1.165) is 36.5 Å². The molecule has 1 saturated heterocycles. The molecule has 3 aromatic rings. The smallest absolute Gasteiger partial charge is 0.132 e. The van der Waals surface area contributed by atoms with Crippen molar-refractivity contribution >= 4 is 27.4 Å². The zero-order valence-corrected chi connectivity index (χ0v) is 14.5. The van der Waals surface area contributed by atoms with Crippen molar-refractivity contribution in [2.24, 2.45) is 0 Å². The van der Waals surface area contributed by atoms with Gasteiger partial charge < -0.3 is 9.64 Å². The molecule has 0 spiro atoms. The predicted molar refractivity (Wildman–Crippen MR) is 96.6 cm³/mol. The summed E-state index contributed by atoms with van der Waals surface area (Å²) in [5, 5.41) is 1.24. The van der Waals surface area contributed by atoms with E-state index >= 15 is 0 Å². The highest BCUT2D eigenvalue weighted by Crippen LogP contribution is 2.34. The van der Waals surface area contributed by atoms with Crippen LogP contribution in [0, 0.1) is 0 Å². The lowest BCUT2D eigenvalue weighted by atomic mass is 9.99. The molecule has 1 aliphatic rings. The van der Waals surface area contributed by atoms with E-state index in [0.29, 0.717) is 12.5 Å². The number of methoxy groups -OCH3 is 1. The van der Waals surface area contributed by atoms with Gasteiger partial charge in [0.25, 0.3) is 0 Å². The lowest BCUT2D eigenvalue weighted by Crippen LogP contribution is -2.35. The van der Waals surface area contributed by atoms with Gasteiger partial charge in [0.15, 0.2) is 0 Å². The summed E-state index contributed by atoms with van der Waals surface area (Å²) >= 11 is 1.82. The van der Waals surface area contributed by atoms with Gasteiger partial charge in [-0.15, -0.1) is 11.3 Å². The van der Waals surface area contributed by atoms with Crippen LogP contribution in [0.3, 0.4) is 0 Å². The van der Waals surface area contributed by atoms with Crippen LogP contribution in [-0.2, 0) is 11.3 Å². The van der Waals surface area contributed by atoms with Crippen LogP contribution in [0.2, 0.25) is 0 Å². The fourth-order valence-electron chi connectivity index (χ4n) is 3.24. The van der Waals surface area contributed by atoms with Crippen LogP contribution in [0.5, 0.6) is 0 Å². The SMILES string of the molecule is COCc1cc(N2CCC[C@H](c3nc4ccccc4s3)C2)ncn1. The maximum absolute atomic E-state index is 5.18. The van der Waals surface area contributed by atoms with Crippen molar-refractivity contribution in [1.29, 1.82) is 0 Å². The minimum Gasteiger partial charge on any atom is -0.378 e. The lowest BCUT2D eigenvalue weighted by Gasteiger charge is -2.32. The lowest BCUT2D eigenvalue weighted by molar-refractivity contribution is 0.181. The van der Waals surface area contributed by atoms with Crippen molar-refractivity contribution in [2.45, 2.75) is 25.4 Å². The van der Waals surface area contributed by atoms with E-state index < -0.39 is 0 Å². The molecule has 1 atom stereocenters. The number of hydrogen-bond acceptors (Lipinski definition) is 6. The van der Waals surface area contributed by atoms with E-state index in [1.807, 2.05) is 17.4 Å². The number of rotatable bonds is 4. The molecular formula is C18H20N4OS. The van der Waals surface area contributed by atoms with E-state index in [2.05, 4.69) is 39.1 Å². The normalized spacial score (nSPS) is 18.2. The monoisotopic (exact) mass is 340 g/mol. The van der Waals surface area contributed by atoms with E-state index in [1.165, 1.54) is 16.1 Å². The molecule has 1 aliphatic heterocycles. The van der Waals surface area contributed by atoms with Crippen molar-refractivity contribution in [3.05, 3.63) is 47.4 Å². The van der Waals surface area contributed by atoms with Crippen molar-refractivity contribution in [2.75, 3.05) is 25.1 Å². The number of aromatic nitrogens is 3. The molecule has 0 radical (unpaired) electrons. The van der Waals surface area contributed by atoms with Gasteiger partial charge in [-0.3, -0.25) is 0 Å². The number of para-hydroxylation sites is 1.